The first-order valence-corrected chi connectivity index (χ1v) is 14.5. The molecule has 43 heavy (non-hydrogen) atoms. The minimum Gasteiger partial charge on any atom is -0.495 e. The van der Waals surface area contributed by atoms with Crippen molar-refractivity contribution < 1.29 is 41.8 Å². The van der Waals surface area contributed by atoms with Crippen LogP contribution < -0.4 is 19.5 Å². The summed E-state index contributed by atoms with van der Waals surface area (Å²) in [4.78, 5) is 39.1. The van der Waals surface area contributed by atoms with Crippen LogP contribution in [-0.4, -0.2) is 42.2 Å². The van der Waals surface area contributed by atoms with Gasteiger partial charge in [0.1, 0.15) is 18.9 Å². The molecule has 1 aliphatic rings. The Morgan fingerprint density at radius 3 is 2.44 bits per heavy atom. The number of benzene rings is 3. The molecule has 8 nitrogen and oxygen atoms in total. The van der Waals surface area contributed by atoms with Crippen molar-refractivity contribution in [2.45, 2.75) is 19.7 Å². The van der Waals surface area contributed by atoms with E-state index in [0.29, 0.717) is 55.9 Å². The van der Waals surface area contributed by atoms with Crippen LogP contribution in [0.25, 0.3) is 6.08 Å². The second kappa shape index (κ2) is 13.7. The number of nitrogens with zero attached hydrogens (tertiary/aromatic N) is 1. The van der Waals surface area contributed by atoms with E-state index in [2.05, 4.69) is 21.2 Å². The maximum atomic E-state index is 13.1. The van der Waals surface area contributed by atoms with Gasteiger partial charge in [-0.25, -0.2) is 0 Å². The number of methoxy groups -OCH3 is 1. The van der Waals surface area contributed by atoms with Crippen LogP contribution in [0.3, 0.4) is 0 Å². The van der Waals surface area contributed by atoms with Crippen LogP contribution in [0.4, 0.5) is 23.7 Å². The van der Waals surface area contributed by atoms with Gasteiger partial charge in [0.2, 0.25) is 5.91 Å². The van der Waals surface area contributed by atoms with Crippen molar-refractivity contribution in [3.8, 4) is 17.2 Å². The van der Waals surface area contributed by atoms with Gasteiger partial charge >= 0.3 is 6.18 Å². The normalized spacial score (nSPS) is 14.3. The molecule has 1 saturated heterocycles. The number of rotatable bonds is 10. The van der Waals surface area contributed by atoms with E-state index in [1.165, 1.54) is 13.2 Å². The van der Waals surface area contributed by atoms with Gasteiger partial charge in [-0.05, 0) is 94.3 Å². The van der Waals surface area contributed by atoms with Crippen molar-refractivity contribution in [2.75, 3.05) is 25.6 Å². The highest BCUT2D eigenvalue weighted by Crippen LogP contribution is 2.40. The smallest absolute Gasteiger partial charge is 0.416 e. The predicted octanol–water partition coefficient (Wildman–Crippen LogP) is 7.78. The van der Waals surface area contributed by atoms with E-state index in [1.807, 2.05) is 12.1 Å². The van der Waals surface area contributed by atoms with E-state index in [0.717, 1.165) is 17.7 Å². The standard InChI is InChI=1S/C29H23BrClF3N2O6S/c1-3-41-23-11-17(10-20(30)26(23)42-15-16-4-7-19(31)8-5-16)12-24-27(38)36(28(39)43-24)14-25(37)35-21-13-18(29(32,33)34)6-9-22(21)40-2/h4-13H,3,14-15H2,1-2H3,(H,35,37)/b24-12-. The van der Waals surface area contributed by atoms with Gasteiger partial charge in [0, 0.05) is 5.02 Å². The fourth-order valence-electron chi connectivity index (χ4n) is 3.91. The van der Waals surface area contributed by atoms with E-state index >= 15 is 0 Å². The van der Waals surface area contributed by atoms with Crippen molar-refractivity contribution in [1.82, 2.24) is 4.90 Å². The van der Waals surface area contributed by atoms with Gasteiger partial charge in [0.15, 0.2) is 11.5 Å². The van der Waals surface area contributed by atoms with Crippen molar-refractivity contribution in [1.29, 1.82) is 0 Å². The molecule has 1 fully saturated rings. The second-order valence-corrected chi connectivity index (χ2v) is 11.2. The topological polar surface area (TPSA) is 94.2 Å². The molecule has 14 heteroatoms. The molecule has 0 aromatic heterocycles. The van der Waals surface area contributed by atoms with Crippen molar-refractivity contribution in [3.05, 3.63) is 85.7 Å². The van der Waals surface area contributed by atoms with Gasteiger partial charge in [-0.15, -0.1) is 0 Å². The zero-order valence-corrected chi connectivity index (χ0v) is 25.7. The molecule has 0 saturated carbocycles. The van der Waals surface area contributed by atoms with E-state index in [-0.39, 0.29) is 22.9 Å². The summed E-state index contributed by atoms with van der Waals surface area (Å²) in [5.74, 6) is -0.816. The fourth-order valence-corrected chi connectivity index (χ4v) is 5.45. The first-order chi connectivity index (χ1) is 20.4. The van der Waals surface area contributed by atoms with Crippen molar-refractivity contribution >= 4 is 68.1 Å². The number of carbonyl (C=O) groups is 3. The Balaban J connectivity index is 1.49. The molecule has 1 N–H and O–H groups in total. The number of alkyl halides is 3. The van der Waals surface area contributed by atoms with Crippen LogP contribution in [0, 0.1) is 0 Å². The Morgan fingerprint density at radius 1 is 1.07 bits per heavy atom. The maximum Gasteiger partial charge on any atom is 0.416 e. The van der Waals surface area contributed by atoms with E-state index in [9.17, 15) is 27.6 Å². The molecular formula is C29H23BrClF3N2O6S. The molecule has 0 radical (unpaired) electrons. The maximum absolute atomic E-state index is 13.1. The number of imide groups is 1. The summed E-state index contributed by atoms with van der Waals surface area (Å²) in [5, 5.41) is 2.17. The number of hydrogen-bond donors (Lipinski definition) is 1. The SMILES string of the molecule is CCOc1cc(/C=C2\SC(=O)N(CC(=O)Nc3cc(C(F)(F)F)ccc3OC)C2=O)cc(Br)c1OCc1ccc(Cl)cc1. The first kappa shape index (κ1) is 32.2. The third-order valence-electron chi connectivity index (χ3n) is 5.90. The van der Waals surface area contributed by atoms with Crippen LogP contribution in [0.5, 0.6) is 17.2 Å². The number of amides is 3. The molecular weight excluding hydrogens is 677 g/mol. The minimum absolute atomic E-state index is 0.0216. The molecule has 1 aliphatic heterocycles. The Labute approximate surface area is 262 Å². The fraction of sp³-hybridized carbons (Fsp3) is 0.207. The van der Waals surface area contributed by atoms with Crippen molar-refractivity contribution in [3.63, 3.8) is 0 Å². The van der Waals surface area contributed by atoms with E-state index in [4.69, 9.17) is 25.8 Å². The van der Waals surface area contributed by atoms with Gasteiger partial charge in [-0.2, -0.15) is 13.2 Å². The zero-order chi connectivity index (χ0) is 31.3. The van der Waals surface area contributed by atoms with E-state index in [1.54, 1.807) is 31.2 Å². The lowest BCUT2D eigenvalue weighted by Crippen LogP contribution is -2.36. The lowest BCUT2D eigenvalue weighted by atomic mass is 10.1. The zero-order valence-electron chi connectivity index (χ0n) is 22.6. The predicted molar refractivity (Wildman–Crippen MR) is 160 cm³/mol. The third kappa shape index (κ3) is 8.03. The van der Waals surface area contributed by atoms with Gasteiger partial charge in [0.05, 0.1) is 34.3 Å². The molecule has 0 spiro atoms. The van der Waals surface area contributed by atoms with Crippen LogP contribution in [0.15, 0.2) is 64.0 Å². The molecule has 0 unspecified atom stereocenters. The first-order valence-electron chi connectivity index (χ1n) is 12.5. The summed E-state index contributed by atoms with van der Waals surface area (Å²) in [6.45, 7) is 1.65. The highest BCUT2D eigenvalue weighted by Gasteiger charge is 2.37. The average molecular weight is 700 g/mol. The van der Waals surface area contributed by atoms with Crippen LogP contribution in [0.1, 0.15) is 23.6 Å². The Kier molecular flexibility index (Phi) is 10.3. The van der Waals surface area contributed by atoms with Gasteiger partial charge < -0.3 is 19.5 Å². The summed E-state index contributed by atoms with van der Waals surface area (Å²) >= 11 is 10.0. The molecule has 4 rings (SSSR count). The lowest BCUT2D eigenvalue weighted by molar-refractivity contribution is -0.137. The summed E-state index contributed by atoms with van der Waals surface area (Å²) < 4.78 is 56.7. The molecule has 0 atom stereocenters. The monoisotopic (exact) mass is 698 g/mol. The molecule has 1 heterocycles. The third-order valence-corrected chi connectivity index (χ3v) is 7.65. The molecule has 3 amide bonds. The highest BCUT2D eigenvalue weighted by molar-refractivity contribution is 9.10. The summed E-state index contributed by atoms with van der Waals surface area (Å²) in [7, 11) is 1.23. The molecule has 3 aromatic rings. The molecule has 0 aliphatic carbocycles. The van der Waals surface area contributed by atoms with E-state index < -0.39 is 35.3 Å². The number of ether oxygens (including phenoxy) is 3. The summed E-state index contributed by atoms with van der Waals surface area (Å²) in [6.07, 6.45) is -3.18. The van der Waals surface area contributed by atoms with Gasteiger partial charge in [-0.3, -0.25) is 19.3 Å². The second-order valence-electron chi connectivity index (χ2n) is 8.91. The Hall–Kier alpha value is -3.68. The average Bonchev–Trinajstić information content (AvgIpc) is 3.20. The van der Waals surface area contributed by atoms with Crippen LogP contribution in [0.2, 0.25) is 5.02 Å². The summed E-state index contributed by atoms with van der Waals surface area (Å²) in [5.41, 5.74) is 0.137. The lowest BCUT2D eigenvalue weighted by Gasteiger charge is -2.16. The highest BCUT2D eigenvalue weighted by atomic mass is 79.9. The number of nitrogens with one attached hydrogen (secondary N) is 1. The van der Waals surface area contributed by atoms with Gasteiger partial charge in [-0.1, -0.05) is 23.7 Å². The minimum atomic E-state index is -4.65. The number of carbonyl (C=O) groups excluding carboxylic acids is 3. The summed E-state index contributed by atoms with van der Waals surface area (Å²) in [6, 6.07) is 13.1. The molecule has 3 aromatic carbocycles. The number of anilines is 1. The Morgan fingerprint density at radius 2 is 1.79 bits per heavy atom. The van der Waals surface area contributed by atoms with Crippen molar-refractivity contribution in [2.24, 2.45) is 0 Å². The van der Waals surface area contributed by atoms with Crippen LogP contribution in [-0.2, 0) is 22.4 Å². The number of halogens is 5. The number of hydrogen-bond acceptors (Lipinski definition) is 7. The molecule has 226 valence electrons. The largest absolute Gasteiger partial charge is 0.495 e. The number of thioether (sulfide) groups is 1. The van der Waals surface area contributed by atoms with Gasteiger partial charge in [0.25, 0.3) is 11.1 Å². The Bertz CT molecular complexity index is 1580. The van der Waals surface area contributed by atoms with Crippen LogP contribution >= 0.6 is 39.3 Å². The quantitative estimate of drug-likeness (QED) is 0.216. The molecule has 0 bridgehead atoms.